The number of hydrogen-bond donors (Lipinski definition) is 2. The smallest absolute Gasteiger partial charge is 0.253 e. The van der Waals surface area contributed by atoms with Gasteiger partial charge in [0.05, 0.1) is 0 Å². The van der Waals surface area contributed by atoms with Gasteiger partial charge in [0, 0.05) is 61.3 Å². The van der Waals surface area contributed by atoms with Gasteiger partial charge in [-0.3, -0.25) is 14.5 Å². The van der Waals surface area contributed by atoms with Crippen LogP contribution in [0.25, 0.3) is 11.1 Å². The van der Waals surface area contributed by atoms with Crippen molar-refractivity contribution in [2.24, 2.45) is 0 Å². The van der Waals surface area contributed by atoms with E-state index in [4.69, 9.17) is 0 Å². The second-order valence-corrected chi connectivity index (χ2v) is 12.5. The number of carbonyl (C=O) groups is 1. The molecular weight excluding hydrogens is 539 g/mol. The number of anilines is 1. The van der Waals surface area contributed by atoms with Crippen molar-refractivity contribution in [1.82, 2.24) is 15.2 Å². The van der Waals surface area contributed by atoms with Gasteiger partial charge in [0.2, 0.25) is 0 Å². The highest BCUT2D eigenvalue weighted by molar-refractivity contribution is 5.99. The summed E-state index contributed by atoms with van der Waals surface area (Å²) in [5, 5.41) is 3.05. The van der Waals surface area contributed by atoms with Gasteiger partial charge in [-0.25, -0.2) is 4.39 Å². The van der Waals surface area contributed by atoms with Crippen LogP contribution in [0.1, 0.15) is 90.2 Å². The van der Waals surface area contributed by atoms with E-state index in [1.165, 1.54) is 38.5 Å². The van der Waals surface area contributed by atoms with Crippen molar-refractivity contribution < 1.29 is 9.18 Å². The molecule has 2 aliphatic rings. The van der Waals surface area contributed by atoms with Crippen LogP contribution in [-0.4, -0.2) is 47.6 Å². The Balaban J connectivity index is 1.47. The number of aryl methyl sites for hydroxylation is 2. The fourth-order valence-corrected chi connectivity index (χ4v) is 6.95. The third kappa shape index (κ3) is 7.38. The number of aromatic amines is 1. The summed E-state index contributed by atoms with van der Waals surface area (Å²) in [6.45, 7) is 11.1. The molecule has 2 N–H and O–H groups in total. The van der Waals surface area contributed by atoms with Crippen LogP contribution < -0.4 is 15.8 Å². The molecular formula is C36H47FN4O2. The second-order valence-electron chi connectivity index (χ2n) is 12.5. The Morgan fingerprint density at radius 1 is 1.00 bits per heavy atom. The molecule has 2 heterocycles. The molecule has 230 valence electrons. The highest BCUT2D eigenvalue weighted by atomic mass is 19.1. The summed E-state index contributed by atoms with van der Waals surface area (Å²) in [6.07, 6.45) is 7.26. The zero-order valence-electron chi connectivity index (χ0n) is 26.3. The van der Waals surface area contributed by atoms with Crippen LogP contribution in [-0.2, 0) is 13.1 Å². The highest BCUT2D eigenvalue weighted by Gasteiger charge is 2.25. The Labute approximate surface area is 255 Å². The molecule has 0 unspecified atom stereocenters. The number of benzene rings is 2. The van der Waals surface area contributed by atoms with Crippen LogP contribution in [0.5, 0.6) is 0 Å². The van der Waals surface area contributed by atoms with E-state index in [9.17, 15) is 14.0 Å². The summed E-state index contributed by atoms with van der Waals surface area (Å²) in [7, 11) is 0. The number of rotatable bonds is 9. The van der Waals surface area contributed by atoms with E-state index in [0.717, 1.165) is 58.8 Å². The van der Waals surface area contributed by atoms with Crippen molar-refractivity contribution in [2.75, 3.05) is 24.5 Å². The maximum atomic E-state index is 13.8. The molecule has 7 heteroatoms. The first-order valence-electron chi connectivity index (χ1n) is 16.1. The average Bonchev–Trinajstić information content (AvgIpc) is 3.20. The molecule has 1 saturated heterocycles. The van der Waals surface area contributed by atoms with Crippen molar-refractivity contribution >= 4 is 11.6 Å². The molecule has 1 atom stereocenters. The molecule has 6 nitrogen and oxygen atoms in total. The minimum atomic E-state index is -0.724. The normalized spacial score (nSPS) is 18.0. The van der Waals surface area contributed by atoms with Gasteiger partial charge in [0.25, 0.3) is 11.5 Å². The number of halogens is 1. The van der Waals surface area contributed by atoms with E-state index in [-0.39, 0.29) is 18.0 Å². The van der Waals surface area contributed by atoms with Crippen molar-refractivity contribution in [2.45, 2.75) is 97.9 Å². The fraction of sp³-hybridized carbons (Fsp3) is 0.500. The topological polar surface area (TPSA) is 68.4 Å². The molecule has 1 aromatic heterocycles. The minimum absolute atomic E-state index is 0.162. The Morgan fingerprint density at radius 2 is 1.72 bits per heavy atom. The molecule has 1 amide bonds. The molecule has 1 saturated carbocycles. The Hall–Kier alpha value is -3.45. The van der Waals surface area contributed by atoms with Crippen LogP contribution in [0.2, 0.25) is 0 Å². The van der Waals surface area contributed by atoms with E-state index in [2.05, 4.69) is 64.3 Å². The number of H-pyrrole nitrogens is 1. The molecule has 1 aliphatic heterocycles. The standard InChI is InChI=1S/C36H47FN4O2/c1-5-41(31-10-8-6-7-9-11-31)34-20-29(28-14-12-27(13-15-28)22-40-17-16-30(37)23-40)19-32(26(34)4)35(42)38-21-33-24(2)18-25(3)39-36(33)43/h12-15,18-20,30-31H,5-11,16-17,21-23H2,1-4H3,(H,38,42)(H,39,43)/t30-/m1/s1. The summed E-state index contributed by atoms with van der Waals surface area (Å²) < 4.78 is 13.7. The molecule has 2 fully saturated rings. The van der Waals surface area contributed by atoms with Crippen molar-refractivity contribution in [3.63, 3.8) is 0 Å². The van der Waals surface area contributed by atoms with Crippen LogP contribution in [0, 0.1) is 20.8 Å². The van der Waals surface area contributed by atoms with Crippen LogP contribution in [0.3, 0.4) is 0 Å². The van der Waals surface area contributed by atoms with E-state index >= 15 is 0 Å². The number of pyridine rings is 1. The summed E-state index contributed by atoms with van der Waals surface area (Å²) in [5.41, 5.74) is 8.01. The third-order valence-corrected chi connectivity index (χ3v) is 9.37. The quantitative estimate of drug-likeness (QED) is 0.265. The first kappa shape index (κ1) is 31.0. The van der Waals surface area contributed by atoms with Gasteiger partial charge in [-0.2, -0.15) is 0 Å². The number of amides is 1. The number of nitrogens with one attached hydrogen (secondary N) is 2. The Morgan fingerprint density at radius 3 is 2.35 bits per heavy atom. The molecule has 43 heavy (non-hydrogen) atoms. The lowest BCUT2D eigenvalue weighted by Gasteiger charge is -2.34. The zero-order valence-corrected chi connectivity index (χ0v) is 26.3. The lowest BCUT2D eigenvalue weighted by Crippen LogP contribution is -2.36. The molecule has 5 rings (SSSR count). The van der Waals surface area contributed by atoms with Crippen LogP contribution in [0.15, 0.2) is 47.3 Å². The maximum absolute atomic E-state index is 13.8. The van der Waals surface area contributed by atoms with E-state index in [0.29, 0.717) is 30.1 Å². The van der Waals surface area contributed by atoms with Gasteiger partial charge in [-0.1, -0.05) is 49.9 Å². The first-order chi connectivity index (χ1) is 20.7. The predicted octanol–water partition coefficient (Wildman–Crippen LogP) is 6.99. The maximum Gasteiger partial charge on any atom is 0.253 e. The Bertz CT molecular complexity index is 1470. The summed E-state index contributed by atoms with van der Waals surface area (Å²) in [4.78, 5) is 33.9. The molecule has 1 aliphatic carbocycles. The largest absolute Gasteiger partial charge is 0.369 e. The van der Waals surface area contributed by atoms with Crippen molar-refractivity contribution in [3.05, 3.63) is 86.3 Å². The van der Waals surface area contributed by atoms with Gasteiger partial charge in [0.1, 0.15) is 6.17 Å². The van der Waals surface area contributed by atoms with Gasteiger partial charge >= 0.3 is 0 Å². The van der Waals surface area contributed by atoms with Crippen molar-refractivity contribution in [3.8, 4) is 11.1 Å². The van der Waals surface area contributed by atoms with E-state index < -0.39 is 6.17 Å². The highest BCUT2D eigenvalue weighted by Crippen LogP contribution is 2.35. The van der Waals surface area contributed by atoms with Crippen LogP contribution >= 0.6 is 0 Å². The third-order valence-electron chi connectivity index (χ3n) is 9.37. The molecule has 0 radical (unpaired) electrons. The lowest BCUT2D eigenvalue weighted by atomic mass is 9.94. The van der Waals surface area contributed by atoms with Crippen LogP contribution in [0.4, 0.5) is 10.1 Å². The van der Waals surface area contributed by atoms with Gasteiger partial charge in [-0.05, 0) is 93.0 Å². The van der Waals surface area contributed by atoms with E-state index in [1.54, 1.807) is 0 Å². The summed E-state index contributed by atoms with van der Waals surface area (Å²) >= 11 is 0. The fourth-order valence-electron chi connectivity index (χ4n) is 6.95. The Kier molecular flexibility index (Phi) is 10.0. The van der Waals surface area contributed by atoms with Gasteiger partial charge < -0.3 is 15.2 Å². The number of aromatic nitrogens is 1. The summed E-state index contributed by atoms with van der Waals surface area (Å²) in [5.74, 6) is -0.177. The number of nitrogens with zero attached hydrogens (tertiary/aromatic N) is 2. The number of likely N-dealkylation sites (tertiary alicyclic amines) is 1. The predicted molar refractivity (Wildman–Crippen MR) is 174 cm³/mol. The molecule has 2 aromatic carbocycles. The average molecular weight is 587 g/mol. The lowest BCUT2D eigenvalue weighted by molar-refractivity contribution is 0.0950. The van der Waals surface area contributed by atoms with Crippen molar-refractivity contribution in [1.29, 1.82) is 0 Å². The molecule has 0 bridgehead atoms. The van der Waals surface area contributed by atoms with Gasteiger partial charge in [0.15, 0.2) is 0 Å². The van der Waals surface area contributed by atoms with Gasteiger partial charge in [-0.15, -0.1) is 0 Å². The second kappa shape index (κ2) is 13.9. The van der Waals surface area contributed by atoms with E-state index in [1.807, 2.05) is 26.0 Å². The first-order valence-corrected chi connectivity index (χ1v) is 16.1. The SMILES string of the molecule is CCN(c1cc(-c2ccc(CN3CC[C@@H](F)C3)cc2)cc(C(=O)NCc2c(C)cc(C)[nH]c2=O)c1C)C1CCCCCC1. The molecule has 0 spiro atoms. The zero-order chi connectivity index (χ0) is 30.5. The number of carbonyl (C=O) groups excluding carboxylic acids is 1. The minimum Gasteiger partial charge on any atom is -0.369 e. The number of alkyl halides is 1. The monoisotopic (exact) mass is 586 g/mol. The number of hydrogen-bond acceptors (Lipinski definition) is 4. The summed E-state index contributed by atoms with van der Waals surface area (Å²) in [6, 6.07) is 15.1. The molecule has 3 aromatic rings.